The third-order valence-corrected chi connectivity index (χ3v) is 5.09. The van der Waals surface area contributed by atoms with E-state index in [1.54, 1.807) is 23.2 Å². The molecule has 4 rings (SSSR count). The predicted molar refractivity (Wildman–Crippen MR) is 94.6 cm³/mol. The molecule has 4 nitrogen and oxygen atoms in total. The van der Waals surface area contributed by atoms with Crippen molar-refractivity contribution in [1.29, 1.82) is 0 Å². The highest BCUT2D eigenvalue weighted by atomic mass is 35.5. The van der Waals surface area contributed by atoms with Gasteiger partial charge in [-0.2, -0.15) is 4.39 Å². The highest BCUT2D eigenvalue weighted by Crippen LogP contribution is 2.32. The van der Waals surface area contributed by atoms with Crippen molar-refractivity contribution in [3.8, 4) is 0 Å². The van der Waals surface area contributed by atoms with Gasteiger partial charge < -0.3 is 4.90 Å². The van der Waals surface area contributed by atoms with Gasteiger partial charge in [0.15, 0.2) is 5.69 Å². The Bertz CT molecular complexity index is 968. The fourth-order valence-electron chi connectivity index (χ4n) is 3.41. The van der Waals surface area contributed by atoms with Crippen LogP contribution in [0.4, 0.5) is 4.39 Å². The van der Waals surface area contributed by atoms with E-state index in [1.807, 2.05) is 31.2 Å². The molecule has 0 bridgehead atoms. The molecule has 1 aliphatic heterocycles. The summed E-state index contributed by atoms with van der Waals surface area (Å²) in [4.78, 5) is 18.6. The van der Waals surface area contributed by atoms with Crippen LogP contribution in [0.2, 0.25) is 5.02 Å². The number of aryl methyl sites for hydroxylation is 1. The maximum atomic E-state index is 14.6. The molecule has 6 heteroatoms. The van der Waals surface area contributed by atoms with Gasteiger partial charge in [0.25, 0.3) is 5.91 Å². The van der Waals surface area contributed by atoms with Crippen LogP contribution in [0.5, 0.6) is 0 Å². The van der Waals surface area contributed by atoms with Gasteiger partial charge >= 0.3 is 0 Å². The number of rotatable bonds is 2. The number of likely N-dealkylation sites (tertiary alicyclic amines) is 1. The molecule has 0 spiro atoms. The number of nitrogens with zero attached hydrogens (tertiary/aromatic N) is 3. The Labute approximate surface area is 149 Å². The van der Waals surface area contributed by atoms with Crippen LogP contribution in [0.15, 0.2) is 42.6 Å². The van der Waals surface area contributed by atoms with Crippen molar-refractivity contribution >= 4 is 23.2 Å². The molecule has 0 N–H and O–H groups in total. The van der Waals surface area contributed by atoms with Crippen LogP contribution in [0.25, 0.3) is 5.65 Å². The second-order valence-corrected chi connectivity index (χ2v) is 6.85. The summed E-state index contributed by atoms with van der Waals surface area (Å²) in [7, 11) is 0. The summed E-state index contributed by atoms with van der Waals surface area (Å²) < 4.78 is 15.9. The molecule has 1 aliphatic rings. The van der Waals surface area contributed by atoms with Crippen LogP contribution >= 0.6 is 11.6 Å². The van der Waals surface area contributed by atoms with E-state index in [-0.39, 0.29) is 17.5 Å². The lowest BCUT2D eigenvalue weighted by Gasteiger charge is -2.16. The molecule has 0 unspecified atom stereocenters. The predicted octanol–water partition coefficient (Wildman–Crippen LogP) is 4.06. The molecular formula is C19H17ClFN3O. The molecule has 3 aromatic rings. The Kier molecular flexibility index (Phi) is 3.96. The molecule has 0 saturated carbocycles. The summed E-state index contributed by atoms with van der Waals surface area (Å²) in [6.07, 6.45) is 2.41. The van der Waals surface area contributed by atoms with E-state index in [1.165, 1.54) is 4.40 Å². The number of pyridine rings is 1. The van der Waals surface area contributed by atoms with Gasteiger partial charge in [-0.15, -0.1) is 0 Å². The molecule has 1 atom stereocenters. The Morgan fingerprint density at radius 2 is 2.12 bits per heavy atom. The van der Waals surface area contributed by atoms with Crippen LogP contribution in [0.3, 0.4) is 0 Å². The van der Waals surface area contributed by atoms with Crippen molar-refractivity contribution in [3.05, 3.63) is 70.4 Å². The maximum Gasteiger partial charge on any atom is 0.277 e. The number of carbonyl (C=O) groups is 1. The quantitative estimate of drug-likeness (QED) is 0.693. The largest absolute Gasteiger partial charge is 0.337 e. The summed E-state index contributed by atoms with van der Waals surface area (Å²) >= 11 is 6.26. The van der Waals surface area contributed by atoms with E-state index in [2.05, 4.69) is 4.98 Å². The Morgan fingerprint density at radius 1 is 1.32 bits per heavy atom. The lowest BCUT2D eigenvalue weighted by molar-refractivity contribution is 0.0780. The third kappa shape index (κ3) is 2.78. The molecule has 0 radical (unpaired) electrons. The minimum atomic E-state index is -0.610. The smallest absolute Gasteiger partial charge is 0.277 e. The van der Waals surface area contributed by atoms with E-state index < -0.39 is 5.95 Å². The normalized spacial score (nSPS) is 17.4. The fourth-order valence-corrected chi connectivity index (χ4v) is 3.70. The third-order valence-electron chi connectivity index (χ3n) is 4.75. The lowest BCUT2D eigenvalue weighted by atomic mass is 9.98. The highest BCUT2D eigenvalue weighted by Gasteiger charge is 2.32. The first-order chi connectivity index (χ1) is 12.0. The summed E-state index contributed by atoms with van der Waals surface area (Å²) in [5.74, 6) is -0.811. The van der Waals surface area contributed by atoms with Gasteiger partial charge in [-0.1, -0.05) is 29.8 Å². The molecular weight excluding hydrogens is 341 g/mol. The average molecular weight is 358 g/mol. The van der Waals surface area contributed by atoms with Crippen LogP contribution in [-0.4, -0.2) is 33.3 Å². The van der Waals surface area contributed by atoms with Gasteiger partial charge in [-0.3, -0.25) is 9.20 Å². The number of fused-ring (bicyclic) bond motifs is 1. The molecule has 2 aromatic heterocycles. The topological polar surface area (TPSA) is 37.6 Å². The molecule has 1 amide bonds. The zero-order valence-electron chi connectivity index (χ0n) is 13.7. The maximum absolute atomic E-state index is 14.6. The van der Waals surface area contributed by atoms with Crippen LogP contribution < -0.4 is 0 Å². The van der Waals surface area contributed by atoms with Crippen molar-refractivity contribution < 1.29 is 9.18 Å². The lowest BCUT2D eigenvalue weighted by Crippen LogP contribution is -2.29. The number of hydrogen-bond acceptors (Lipinski definition) is 2. The average Bonchev–Trinajstić information content (AvgIpc) is 3.20. The van der Waals surface area contributed by atoms with Gasteiger partial charge in [0, 0.05) is 30.2 Å². The molecule has 3 heterocycles. The van der Waals surface area contributed by atoms with Gasteiger partial charge in [0.1, 0.15) is 5.65 Å². The van der Waals surface area contributed by atoms with E-state index in [0.717, 1.165) is 17.5 Å². The first-order valence-corrected chi connectivity index (χ1v) is 8.60. The van der Waals surface area contributed by atoms with Crippen LogP contribution in [0.1, 0.15) is 34.0 Å². The molecule has 1 aromatic carbocycles. The van der Waals surface area contributed by atoms with Gasteiger partial charge in [-0.25, -0.2) is 4.98 Å². The van der Waals surface area contributed by atoms with Crippen molar-refractivity contribution in [1.82, 2.24) is 14.3 Å². The summed E-state index contributed by atoms with van der Waals surface area (Å²) in [6.45, 7) is 3.00. The number of hydrogen-bond donors (Lipinski definition) is 0. The first-order valence-electron chi connectivity index (χ1n) is 8.22. The summed E-state index contributed by atoms with van der Waals surface area (Å²) in [6, 6.07) is 11.2. The van der Waals surface area contributed by atoms with Gasteiger partial charge in [0.05, 0.1) is 0 Å². The number of halogens is 2. The number of aromatic nitrogens is 2. The SMILES string of the molecule is Cc1ccn2c(F)c(C(=O)N3CC[C@@H](c4ccccc4Cl)C3)nc2c1. The molecule has 1 saturated heterocycles. The van der Waals surface area contributed by atoms with Crippen LogP contribution in [0, 0.1) is 12.9 Å². The molecule has 128 valence electrons. The zero-order valence-corrected chi connectivity index (χ0v) is 14.5. The standard InChI is InChI=1S/C19H17ClFN3O/c1-12-6-9-24-16(10-12)22-17(18(24)21)19(25)23-8-7-13(11-23)14-4-2-3-5-15(14)20/h2-6,9-10,13H,7-8,11H2,1H3/t13-/m1/s1. The Morgan fingerprint density at radius 3 is 2.92 bits per heavy atom. The van der Waals surface area contributed by atoms with Gasteiger partial charge in [0.2, 0.25) is 5.95 Å². The number of benzene rings is 1. The number of carbonyl (C=O) groups excluding carboxylic acids is 1. The van der Waals surface area contributed by atoms with Crippen molar-refractivity contribution in [2.24, 2.45) is 0 Å². The summed E-state index contributed by atoms with van der Waals surface area (Å²) in [5, 5.41) is 0.705. The van der Waals surface area contributed by atoms with E-state index in [9.17, 15) is 9.18 Å². The Balaban J connectivity index is 1.60. The number of imidazole rings is 1. The monoisotopic (exact) mass is 357 g/mol. The Hall–Kier alpha value is -2.40. The highest BCUT2D eigenvalue weighted by molar-refractivity contribution is 6.31. The first kappa shape index (κ1) is 16.1. The molecule has 1 fully saturated rings. The fraction of sp³-hybridized carbons (Fsp3) is 0.263. The second-order valence-electron chi connectivity index (χ2n) is 6.44. The van der Waals surface area contributed by atoms with Crippen molar-refractivity contribution in [3.63, 3.8) is 0 Å². The second kappa shape index (κ2) is 6.15. The van der Waals surface area contributed by atoms with Crippen molar-refractivity contribution in [2.45, 2.75) is 19.3 Å². The zero-order chi connectivity index (χ0) is 17.6. The number of amides is 1. The van der Waals surface area contributed by atoms with E-state index in [4.69, 9.17) is 11.6 Å². The minimum Gasteiger partial charge on any atom is -0.337 e. The molecule has 25 heavy (non-hydrogen) atoms. The van der Waals surface area contributed by atoms with E-state index in [0.29, 0.717) is 23.8 Å². The van der Waals surface area contributed by atoms with E-state index >= 15 is 0 Å². The molecule has 0 aliphatic carbocycles. The summed E-state index contributed by atoms with van der Waals surface area (Å²) in [5.41, 5.74) is 2.33. The van der Waals surface area contributed by atoms with Crippen LogP contribution in [-0.2, 0) is 0 Å². The van der Waals surface area contributed by atoms with Gasteiger partial charge in [-0.05, 0) is 42.7 Å². The van der Waals surface area contributed by atoms with Crippen molar-refractivity contribution in [2.75, 3.05) is 13.1 Å². The minimum absolute atomic E-state index is 0.120.